The van der Waals surface area contributed by atoms with Crippen molar-refractivity contribution in [2.24, 2.45) is 0 Å². The number of aromatic nitrogens is 1. The predicted octanol–water partition coefficient (Wildman–Crippen LogP) is 3.98. The molecule has 0 fully saturated rings. The molecule has 0 radical (unpaired) electrons. The van der Waals surface area contributed by atoms with Crippen molar-refractivity contribution in [1.82, 2.24) is 10.3 Å². The summed E-state index contributed by atoms with van der Waals surface area (Å²) in [6.07, 6.45) is 1.73. The van der Waals surface area contributed by atoms with Gasteiger partial charge in [-0.3, -0.25) is 4.98 Å². The topological polar surface area (TPSA) is 54.0 Å². The van der Waals surface area contributed by atoms with Crippen LogP contribution in [0.15, 0.2) is 30.5 Å². The first-order chi connectivity index (χ1) is 9.99. The average Bonchev–Trinajstić information content (AvgIpc) is 2.47. The number of carbonyl (C=O) groups is 1. The number of halogens is 1. The van der Waals surface area contributed by atoms with Gasteiger partial charge in [-0.1, -0.05) is 23.7 Å². The molecule has 1 aromatic heterocycles. The number of amides is 2. The lowest BCUT2D eigenvalue weighted by molar-refractivity contribution is 0.251. The van der Waals surface area contributed by atoms with Crippen molar-refractivity contribution >= 4 is 23.3 Å². The Morgan fingerprint density at radius 1 is 1.24 bits per heavy atom. The van der Waals surface area contributed by atoms with Gasteiger partial charge in [-0.05, 0) is 49.6 Å². The summed E-state index contributed by atoms with van der Waals surface area (Å²) in [4.78, 5) is 16.2. The Morgan fingerprint density at radius 2 is 2.00 bits per heavy atom. The van der Waals surface area contributed by atoms with Crippen molar-refractivity contribution < 1.29 is 4.79 Å². The molecule has 0 unspecified atom stereocenters. The molecular weight excluding hydrogens is 286 g/mol. The third kappa shape index (κ3) is 3.73. The second-order valence-corrected chi connectivity index (χ2v) is 5.33. The van der Waals surface area contributed by atoms with E-state index in [0.29, 0.717) is 17.3 Å². The lowest BCUT2D eigenvalue weighted by Crippen LogP contribution is -2.29. The van der Waals surface area contributed by atoms with Gasteiger partial charge in [0, 0.05) is 18.4 Å². The number of hydrogen-bond acceptors (Lipinski definition) is 2. The normalized spacial score (nSPS) is 10.3. The van der Waals surface area contributed by atoms with E-state index < -0.39 is 0 Å². The highest BCUT2D eigenvalue weighted by Crippen LogP contribution is 2.27. The minimum Gasteiger partial charge on any atom is -0.334 e. The van der Waals surface area contributed by atoms with Crippen LogP contribution in [0.1, 0.15) is 22.4 Å². The van der Waals surface area contributed by atoms with Gasteiger partial charge in [0.05, 0.1) is 10.7 Å². The van der Waals surface area contributed by atoms with Gasteiger partial charge in [-0.15, -0.1) is 0 Å². The van der Waals surface area contributed by atoms with Crippen LogP contribution in [0, 0.1) is 20.8 Å². The standard InChI is InChI=1S/C16H18ClN3O/c1-10-6-7-14(17)15(11(10)2)20-16(21)19-9-13-5-4-8-18-12(13)3/h4-8H,9H2,1-3H3,(H2,19,20,21). The van der Waals surface area contributed by atoms with Crippen LogP contribution in [0.3, 0.4) is 0 Å². The molecule has 0 saturated carbocycles. The van der Waals surface area contributed by atoms with Gasteiger partial charge < -0.3 is 10.6 Å². The maximum absolute atomic E-state index is 12.0. The number of aryl methyl sites for hydroxylation is 2. The highest BCUT2D eigenvalue weighted by atomic mass is 35.5. The summed E-state index contributed by atoms with van der Waals surface area (Å²) in [6, 6.07) is 7.22. The Kier molecular flexibility index (Phi) is 4.81. The number of urea groups is 1. The largest absolute Gasteiger partial charge is 0.334 e. The van der Waals surface area contributed by atoms with E-state index in [2.05, 4.69) is 15.6 Å². The molecule has 1 aromatic carbocycles. The average molecular weight is 304 g/mol. The van der Waals surface area contributed by atoms with Crippen LogP contribution in [0.25, 0.3) is 0 Å². The summed E-state index contributed by atoms with van der Waals surface area (Å²) in [5.74, 6) is 0. The molecule has 0 atom stereocenters. The van der Waals surface area contributed by atoms with E-state index in [1.54, 1.807) is 12.3 Å². The van der Waals surface area contributed by atoms with Crippen LogP contribution in [0.5, 0.6) is 0 Å². The van der Waals surface area contributed by atoms with Crippen LogP contribution in [-0.2, 0) is 6.54 Å². The third-order valence-corrected chi connectivity index (χ3v) is 3.79. The molecule has 21 heavy (non-hydrogen) atoms. The summed E-state index contributed by atoms with van der Waals surface area (Å²) in [5.41, 5.74) is 4.59. The zero-order valence-corrected chi connectivity index (χ0v) is 13.1. The van der Waals surface area contributed by atoms with Gasteiger partial charge in [0.2, 0.25) is 0 Å². The maximum atomic E-state index is 12.0. The van der Waals surface area contributed by atoms with Gasteiger partial charge in [0.1, 0.15) is 0 Å². The number of benzene rings is 1. The number of nitrogens with zero attached hydrogens (tertiary/aromatic N) is 1. The molecule has 2 amide bonds. The molecule has 5 heteroatoms. The minimum absolute atomic E-state index is 0.283. The highest BCUT2D eigenvalue weighted by Gasteiger charge is 2.10. The molecule has 2 N–H and O–H groups in total. The zero-order chi connectivity index (χ0) is 15.4. The monoisotopic (exact) mass is 303 g/mol. The van der Waals surface area contributed by atoms with Crippen molar-refractivity contribution in [1.29, 1.82) is 0 Å². The zero-order valence-electron chi connectivity index (χ0n) is 12.3. The smallest absolute Gasteiger partial charge is 0.319 e. The van der Waals surface area contributed by atoms with Gasteiger partial charge in [-0.2, -0.15) is 0 Å². The number of pyridine rings is 1. The molecule has 110 valence electrons. The molecule has 0 spiro atoms. The fourth-order valence-electron chi connectivity index (χ4n) is 1.97. The molecule has 2 aromatic rings. The second kappa shape index (κ2) is 6.59. The van der Waals surface area contributed by atoms with Crippen LogP contribution < -0.4 is 10.6 Å². The lowest BCUT2D eigenvalue weighted by atomic mass is 10.1. The minimum atomic E-state index is -0.283. The Hall–Kier alpha value is -2.07. The number of anilines is 1. The van der Waals surface area contributed by atoms with Crippen LogP contribution in [0.2, 0.25) is 5.02 Å². The molecule has 0 saturated heterocycles. The summed E-state index contributed by atoms with van der Waals surface area (Å²) in [5, 5.41) is 6.15. The Bertz CT molecular complexity index is 671. The number of carbonyl (C=O) groups excluding carboxylic acids is 1. The van der Waals surface area contributed by atoms with E-state index in [4.69, 9.17) is 11.6 Å². The maximum Gasteiger partial charge on any atom is 0.319 e. The van der Waals surface area contributed by atoms with Crippen molar-refractivity contribution in [3.63, 3.8) is 0 Å². The van der Waals surface area contributed by atoms with E-state index in [1.165, 1.54) is 0 Å². The molecule has 1 heterocycles. The number of nitrogens with one attached hydrogen (secondary N) is 2. The SMILES string of the molecule is Cc1ccc(Cl)c(NC(=O)NCc2cccnc2C)c1C. The van der Waals surface area contributed by atoms with Gasteiger partial charge in [0.25, 0.3) is 0 Å². The van der Waals surface area contributed by atoms with Gasteiger partial charge >= 0.3 is 6.03 Å². The molecule has 0 aliphatic rings. The Balaban J connectivity index is 2.03. The predicted molar refractivity (Wildman–Crippen MR) is 85.8 cm³/mol. The van der Waals surface area contributed by atoms with Gasteiger partial charge in [0.15, 0.2) is 0 Å². The fourth-order valence-corrected chi connectivity index (χ4v) is 2.23. The Labute approximate surface area is 129 Å². The molecular formula is C16H18ClN3O. The van der Waals surface area contributed by atoms with Crippen LogP contribution >= 0.6 is 11.6 Å². The fraction of sp³-hybridized carbons (Fsp3) is 0.250. The quantitative estimate of drug-likeness (QED) is 0.901. The van der Waals surface area contributed by atoms with Crippen molar-refractivity contribution in [2.45, 2.75) is 27.3 Å². The van der Waals surface area contributed by atoms with Crippen molar-refractivity contribution in [2.75, 3.05) is 5.32 Å². The molecule has 0 bridgehead atoms. The molecule has 0 aliphatic heterocycles. The third-order valence-electron chi connectivity index (χ3n) is 3.48. The van der Waals surface area contributed by atoms with Gasteiger partial charge in [-0.25, -0.2) is 4.79 Å². The summed E-state index contributed by atoms with van der Waals surface area (Å²) in [7, 11) is 0. The summed E-state index contributed by atoms with van der Waals surface area (Å²) in [6.45, 7) is 6.25. The van der Waals surface area contributed by atoms with E-state index in [0.717, 1.165) is 22.4 Å². The molecule has 4 nitrogen and oxygen atoms in total. The van der Waals surface area contributed by atoms with Crippen LogP contribution in [0.4, 0.5) is 10.5 Å². The van der Waals surface area contributed by atoms with Crippen molar-refractivity contribution in [3.8, 4) is 0 Å². The van der Waals surface area contributed by atoms with E-state index >= 15 is 0 Å². The van der Waals surface area contributed by atoms with E-state index in [1.807, 2.05) is 39.0 Å². The number of hydrogen-bond donors (Lipinski definition) is 2. The molecule has 2 rings (SSSR count). The van der Waals surface area contributed by atoms with E-state index in [-0.39, 0.29) is 6.03 Å². The summed E-state index contributed by atoms with van der Waals surface area (Å²) < 4.78 is 0. The lowest BCUT2D eigenvalue weighted by Gasteiger charge is -2.13. The first-order valence-corrected chi connectivity index (χ1v) is 7.08. The second-order valence-electron chi connectivity index (χ2n) is 4.92. The number of rotatable bonds is 3. The molecule has 0 aliphatic carbocycles. The highest BCUT2D eigenvalue weighted by molar-refractivity contribution is 6.34. The van der Waals surface area contributed by atoms with Crippen molar-refractivity contribution in [3.05, 3.63) is 57.9 Å². The summed E-state index contributed by atoms with van der Waals surface area (Å²) >= 11 is 6.14. The van der Waals surface area contributed by atoms with Crippen LogP contribution in [-0.4, -0.2) is 11.0 Å². The Morgan fingerprint density at radius 3 is 2.71 bits per heavy atom. The van der Waals surface area contributed by atoms with E-state index in [9.17, 15) is 4.79 Å². The first-order valence-electron chi connectivity index (χ1n) is 6.70. The first kappa shape index (κ1) is 15.3.